The van der Waals surface area contributed by atoms with Crippen molar-refractivity contribution in [3.63, 3.8) is 0 Å². The van der Waals surface area contributed by atoms with Crippen LogP contribution in [0.4, 0.5) is 0 Å². The van der Waals surface area contributed by atoms with E-state index in [1.807, 2.05) is 56.3 Å². The Kier molecular flexibility index (Phi) is 6.24. The first-order valence-electron chi connectivity index (χ1n) is 9.04. The zero-order valence-corrected chi connectivity index (χ0v) is 16.2. The van der Waals surface area contributed by atoms with Gasteiger partial charge in [-0.2, -0.15) is 4.98 Å². The molecular weight excluding hydrogens is 362 g/mol. The van der Waals surface area contributed by atoms with Crippen LogP contribution >= 0.6 is 11.6 Å². The number of aromatic nitrogens is 2. The lowest BCUT2D eigenvalue weighted by atomic mass is 9.95. The van der Waals surface area contributed by atoms with Gasteiger partial charge in [0, 0.05) is 17.1 Å². The average molecular weight is 384 g/mol. The highest BCUT2D eigenvalue weighted by Crippen LogP contribution is 2.23. The molecule has 0 aliphatic heterocycles. The Bertz CT molecular complexity index is 878. The van der Waals surface area contributed by atoms with E-state index in [9.17, 15) is 4.79 Å². The van der Waals surface area contributed by atoms with Gasteiger partial charge in [-0.25, -0.2) is 0 Å². The molecule has 6 heteroatoms. The van der Waals surface area contributed by atoms with Crippen molar-refractivity contribution in [3.8, 4) is 11.4 Å². The van der Waals surface area contributed by atoms with Crippen LogP contribution in [0.1, 0.15) is 37.6 Å². The number of carbonyl (C=O) groups excluding carboxylic acids is 1. The monoisotopic (exact) mass is 383 g/mol. The van der Waals surface area contributed by atoms with Gasteiger partial charge in [-0.1, -0.05) is 54.0 Å². The summed E-state index contributed by atoms with van der Waals surface area (Å²) < 4.78 is 5.36. The smallest absolute Gasteiger partial charge is 0.246 e. The van der Waals surface area contributed by atoms with Gasteiger partial charge in [0.05, 0.1) is 12.5 Å². The zero-order valence-electron chi connectivity index (χ0n) is 15.4. The molecule has 0 unspecified atom stereocenters. The van der Waals surface area contributed by atoms with E-state index in [4.69, 9.17) is 16.1 Å². The fourth-order valence-electron chi connectivity index (χ4n) is 3.00. The Morgan fingerprint density at radius 3 is 2.44 bits per heavy atom. The number of likely N-dealkylation sites (N-methyl/N-ethyl adjacent to an activating group) is 1. The van der Waals surface area contributed by atoms with E-state index >= 15 is 0 Å². The first-order chi connectivity index (χ1) is 13.1. The molecule has 0 spiro atoms. The zero-order chi connectivity index (χ0) is 19.2. The Morgan fingerprint density at radius 1 is 1.11 bits per heavy atom. The van der Waals surface area contributed by atoms with Gasteiger partial charge in [0.15, 0.2) is 0 Å². The van der Waals surface area contributed by atoms with Gasteiger partial charge in [0.1, 0.15) is 0 Å². The van der Waals surface area contributed by atoms with Crippen LogP contribution in [0.3, 0.4) is 0 Å². The van der Waals surface area contributed by atoms with Crippen LogP contribution in [-0.4, -0.2) is 27.5 Å². The van der Waals surface area contributed by atoms with E-state index in [1.165, 1.54) is 0 Å². The summed E-state index contributed by atoms with van der Waals surface area (Å²) >= 11 is 5.91. The van der Waals surface area contributed by atoms with Crippen LogP contribution in [0.25, 0.3) is 11.4 Å². The molecule has 0 aliphatic rings. The van der Waals surface area contributed by atoms with Crippen molar-refractivity contribution in [3.05, 3.63) is 71.1 Å². The first-order valence-corrected chi connectivity index (χ1v) is 9.42. The Balaban J connectivity index is 1.75. The molecule has 0 radical (unpaired) electrons. The molecule has 0 saturated heterocycles. The van der Waals surface area contributed by atoms with Gasteiger partial charge in [-0.15, -0.1) is 0 Å². The number of halogens is 1. The standard InChI is InChI=1S/C21H22ClN3O2/c1-3-18(15-8-6-5-7-9-15)21(26)25(4-2)14-19-23-20(24-27-19)16-10-12-17(22)13-11-16/h5-13,18H,3-4,14H2,1-2H3/t18-/m0/s1. The van der Waals surface area contributed by atoms with Crippen LogP contribution in [0.15, 0.2) is 59.1 Å². The molecule has 0 fully saturated rings. The van der Waals surface area contributed by atoms with E-state index in [0.29, 0.717) is 29.8 Å². The predicted molar refractivity (Wildman–Crippen MR) is 105 cm³/mol. The van der Waals surface area contributed by atoms with Crippen LogP contribution < -0.4 is 0 Å². The summed E-state index contributed by atoms with van der Waals surface area (Å²) in [5.41, 5.74) is 1.84. The summed E-state index contributed by atoms with van der Waals surface area (Å²) in [7, 11) is 0. The maximum atomic E-state index is 13.0. The molecule has 2 aromatic carbocycles. The topological polar surface area (TPSA) is 59.2 Å². The molecule has 1 heterocycles. The van der Waals surface area contributed by atoms with Crippen molar-refractivity contribution >= 4 is 17.5 Å². The maximum Gasteiger partial charge on any atom is 0.246 e. The lowest BCUT2D eigenvalue weighted by Gasteiger charge is -2.24. The second-order valence-electron chi connectivity index (χ2n) is 6.24. The van der Waals surface area contributed by atoms with Crippen LogP contribution in [-0.2, 0) is 11.3 Å². The van der Waals surface area contributed by atoms with Gasteiger partial charge in [-0.05, 0) is 43.2 Å². The van der Waals surface area contributed by atoms with Crippen molar-refractivity contribution in [2.75, 3.05) is 6.54 Å². The van der Waals surface area contributed by atoms with Crippen molar-refractivity contribution < 1.29 is 9.32 Å². The van der Waals surface area contributed by atoms with E-state index in [-0.39, 0.29) is 11.8 Å². The molecule has 0 N–H and O–H groups in total. The molecule has 0 saturated carbocycles. The Morgan fingerprint density at radius 2 is 1.81 bits per heavy atom. The summed E-state index contributed by atoms with van der Waals surface area (Å²) in [6.07, 6.45) is 0.735. The quantitative estimate of drug-likeness (QED) is 0.580. The number of carbonyl (C=O) groups is 1. The molecule has 5 nitrogen and oxygen atoms in total. The largest absolute Gasteiger partial charge is 0.337 e. The first kappa shape index (κ1) is 19.1. The summed E-state index contributed by atoms with van der Waals surface area (Å²) in [4.78, 5) is 19.2. The van der Waals surface area contributed by atoms with Gasteiger partial charge < -0.3 is 9.42 Å². The second kappa shape index (κ2) is 8.82. The summed E-state index contributed by atoms with van der Waals surface area (Å²) in [6.45, 7) is 4.83. The molecule has 27 heavy (non-hydrogen) atoms. The SMILES string of the molecule is CC[C@H](C(=O)N(CC)Cc1nc(-c2ccc(Cl)cc2)no1)c1ccccc1. The van der Waals surface area contributed by atoms with E-state index in [2.05, 4.69) is 10.1 Å². The summed E-state index contributed by atoms with van der Waals surface area (Å²) in [6, 6.07) is 17.1. The van der Waals surface area contributed by atoms with E-state index in [0.717, 1.165) is 17.5 Å². The molecule has 0 aliphatic carbocycles. The van der Waals surface area contributed by atoms with Gasteiger partial charge in [-0.3, -0.25) is 4.79 Å². The molecular formula is C21H22ClN3O2. The molecule has 140 valence electrons. The maximum absolute atomic E-state index is 13.0. The number of amides is 1. The van der Waals surface area contributed by atoms with Gasteiger partial charge in [0.2, 0.25) is 17.6 Å². The minimum Gasteiger partial charge on any atom is -0.337 e. The van der Waals surface area contributed by atoms with Gasteiger partial charge >= 0.3 is 0 Å². The molecule has 1 atom stereocenters. The highest BCUT2D eigenvalue weighted by molar-refractivity contribution is 6.30. The minimum absolute atomic E-state index is 0.0671. The fourth-order valence-corrected chi connectivity index (χ4v) is 3.13. The molecule has 3 aromatic rings. The predicted octanol–water partition coefficient (Wildman–Crippen LogP) is 4.93. The average Bonchev–Trinajstić information content (AvgIpc) is 3.16. The van der Waals surface area contributed by atoms with Crippen molar-refractivity contribution in [2.45, 2.75) is 32.7 Å². The fraction of sp³-hybridized carbons (Fsp3) is 0.286. The van der Waals surface area contributed by atoms with Gasteiger partial charge in [0.25, 0.3) is 0 Å². The second-order valence-corrected chi connectivity index (χ2v) is 6.68. The minimum atomic E-state index is -0.176. The highest BCUT2D eigenvalue weighted by atomic mass is 35.5. The third-order valence-electron chi connectivity index (χ3n) is 4.50. The molecule has 0 bridgehead atoms. The Hall–Kier alpha value is -2.66. The lowest BCUT2D eigenvalue weighted by molar-refractivity contribution is -0.133. The molecule has 1 amide bonds. The van der Waals surface area contributed by atoms with Crippen LogP contribution in [0.2, 0.25) is 5.02 Å². The molecule has 1 aromatic heterocycles. The third-order valence-corrected chi connectivity index (χ3v) is 4.75. The number of rotatable bonds is 7. The number of hydrogen-bond donors (Lipinski definition) is 0. The van der Waals surface area contributed by atoms with Crippen molar-refractivity contribution in [1.82, 2.24) is 15.0 Å². The summed E-state index contributed by atoms with van der Waals surface area (Å²) in [5.74, 6) is 0.792. The van der Waals surface area contributed by atoms with Crippen LogP contribution in [0.5, 0.6) is 0 Å². The Labute approximate surface area is 164 Å². The lowest BCUT2D eigenvalue weighted by Crippen LogP contribution is -2.34. The van der Waals surface area contributed by atoms with Crippen LogP contribution in [0, 0.1) is 0 Å². The number of nitrogens with zero attached hydrogens (tertiary/aromatic N) is 3. The highest BCUT2D eigenvalue weighted by Gasteiger charge is 2.25. The normalized spacial score (nSPS) is 12.0. The van der Waals surface area contributed by atoms with E-state index in [1.54, 1.807) is 17.0 Å². The van der Waals surface area contributed by atoms with E-state index < -0.39 is 0 Å². The third kappa shape index (κ3) is 4.55. The number of benzene rings is 2. The van der Waals surface area contributed by atoms with Crippen molar-refractivity contribution in [1.29, 1.82) is 0 Å². The number of hydrogen-bond acceptors (Lipinski definition) is 4. The molecule has 3 rings (SSSR count). The van der Waals surface area contributed by atoms with Crippen molar-refractivity contribution in [2.24, 2.45) is 0 Å². The summed E-state index contributed by atoms with van der Waals surface area (Å²) in [5, 5.41) is 4.67.